The van der Waals surface area contributed by atoms with Gasteiger partial charge < -0.3 is 0 Å². The van der Waals surface area contributed by atoms with E-state index >= 15 is 0 Å². The highest BCUT2D eigenvalue weighted by molar-refractivity contribution is 9.12. The summed E-state index contributed by atoms with van der Waals surface area (Å²) in [7, 11) is 0. The van der Waals surface area contributed by atoms with Crippen molar-refractivity contribution in [3.63, 3.8) is 0 Å². The molecule has 0 saturated carbocycles. The number of nitro groups is 1. The summed E-state index contributed by atoms with van der Waals surface area (Å²) in [6, 6.07) is 17.0. The second-order valence-corrected chi connectivity index (χ2v) is 7.32. The molecule has 0 radical (unpaired) electrons. The van der Waals surface area contributed by atoms with E-state index in [4.69, 9.17) is 11.6 Å². The lowest BCUT2D eigenvalue weighted by molar-refractivity contribution is -0.427. The Balaban J connectivity index is 2.06. The molecule has 0 bridgehead atoms. The van der Waals surface area contributed by atoms with Crippen molar-refractivity contribution >= 4 is 44.2 Å². The van der Waals surface area contributed by atoms with Crippen LogP contribution in [0.2, 0.25) is 5.02 Å². The SMILES string of the molecule is O=[N+]([O-])C1=CC(Br)=C(c2ccc(Cl)cc2)SC1c1ccccc1. The molecule has 116 valence electrons. The molecule has 1 unspecified atom stereocenters. The molecule has 1 atom stereocenters. The molecule has 0 spiro atoms. The summed E-state index contributed by atoms with van der Waals surface area (Å²) in [5, 5.41) is 11.7. The monoisotopic (exact) mass is 407 g/mol. The molecule has 2 aromatic rings. The summed E-state index contributed by atoms with van der Waals surface area (Å²) < 4.78 is 0.712. The van der Waals surface area contributed by atoms with Gasteiger partial charge in [0, 0.05) is 20.5 Å². The number of hydrogen-bond acceptors (Lipinski definition) is 3. The van der Waals surface area contributed by atoms with Crippen molar-refractivity contribution in [3.05, 3.63) is 97.1 Å². The summed E-state index contributed by atoms with van der Waals surface area (Å²) in [5.41, 5.74) is 2.06. The first-order chi connectivity index (χ1) is 11.1. The topological polar surface area (TPSA) is 43.1 Å². The molecule has 1 heterocycles. The third-order valence-electron chi connectivity index (χ3n) is 3.42. The van der Waals surface area contributed by atoms with Crippen molar-refractivity contribution in [2.24, 2.45) is 0 Å². The second kappa shape index (κ2) is 6.91. The van der Waals surface area contributed by atoms with E-state index in [0.29, 0.717) is 9.51 Å². The van der Waals surface area contributed by atoms with Gasteiger partial charge in [0.05, 0.1) is 4.92 Å². The lowest BCUT2D eigenvalue weighted by Crippen LogP contribution is -2.11. The quantitative estimate of drug-likeness (QED) is 0.458. The summed E-state index contributed by atoms with van der Waals surface area (Å²) in [4.78, 5) is 12.1. The molecule has 6 heteroatoms. The standard InChI is InChI=1S/C17H11BrClNO2S/c18-14-10-15(20(21)22)17(11-4-2-1-3-5-11)23-16(14)12-6-8-13(19)9-7-12/h1-10,17H. The van der Waals surface area contributed by atoms with Gasteiger partial charge in [-0.15, -0.1) is 11.8 Å². The van der Waals surface area contributed by atoms with Crippen molar-refractivity contribution < 1.29 is 4.92 Å². The molecule has 23 heavy (non-hydrogen) atoms. The zero-order valence-electron chi connectivity index (χ0n) is 11.8. The molecular weight excluding hydrogens is 398 g/mol. The van der Waals surface area contributed by atoms with Crippen molar-refractivity contribution in [1.82, 2.24) is 0 Å². The van der Waals surface area contributed by atoms with Gasteiger partial charge in [-0.3, -0.25) is 10.1 Å². The molecule has 3 nitrogen and oxygen atoms in total. The van der Waals surface area contributed by atoms with Crippen molar-refractivity contribution in [3.8, 4) is 0 Å². The minimum atomic E-state index is -0.349. The van der Waals surface area contributed by atoms with Gasteiger partial charge in [0.2, 0.25) is 0 Å². The van der Waals surface area contributed by atoms with Crippen molar-refractivity contribution in [2.75, 3.05) is 0 Å². The minimum Gasteiger partial charge on any atom is -0.259 e. The van der Waals surface area contributed by atoms with E-state index in [1.54, 1.807) is 6.08 Å². The van der Waals surface area contributed by atoms with Crippen LogP contribution in [-0.2, 0) is 0 Å². The maximum atomic E-state index is 11.4. The highest BCUT2D eigenvalue weighted by Crippen LogP contribution is 2.50. The van der Waals surface area contributed by atoms with Gasteiger partial charge in [-0.1, -0.05) is 54.1 Å². The predicted molar refractivity (Wildman–Crippen MR) is 99.2 cm³/mol. The molecule has 1 aliphatic rings. The molecule has 0 aliphatic carbocycles. The maximum absolute atomic E-state index is 11.4. The highest BCUT2D eigenvalue weighted by Gasteiger charge is 2.33. The van der Waals surface area contributed by atoms with Crippen LogP contribution in [0.15, 0.2) is 70.9 Å². The Labute approximate surface area is 151 Å². The number of hydrogen-bond donors (Lipinski definition) is 0. The first-order valence-corrected chi connectivity index (χ1v) is 8.84. The number of nitrogens with zero attached hydrogens (tertiary/aromatic N) is 1. The van der Waals surface area contributed by atoms with Crippen LogP contribution < -0.4 is 0 Å². The number of rotatable bonds is 3. The minimum absolute atomic E-state index is 0.172. The lowest BCUT2D eigenvalue weighted by atomic mass is 10.1. The fourth-order valence-electron chi connectivity index (χ4n) is 2.33. The van der Waals surface area contributed by atoms with Gasteiger partial charge in [-0.05, 0) is 39.2 Å². The van der Waals surface area contributed by atoms with Crippen LogP contribution in [0.1, 0.15) is 16.4 Å². The normalized spacial score (nSPS) is 17.8. The number of benzene rings is 2. The smallest absolute Gasteiger partial charge is 0.259 e. The summed E-state index contributed by atoms with van der Waals surface area (Å²) in [6.45, 7) is 0. The first kappa shape index (κ1) is 16.3. The summed E-state index contributed by atoms with van der Waals surface area (Å²) in [6.07, 6.45) is 1.60. The van der Waals surface area contributed by atoms with Crippen LogP contribution in [-0.4, -0.2) is 4.92 Å². The molecule has 0 aromatic heterocycles. The maximum Gasteiger partial charge on any atom is 0.265 e. The first-order valence-electron chi connectivity index (χ1n) is 6.79. The van der Waals surface area contributed by atoms with E-state index in [1.165, 1.54) is 11.8 Å². The van der Waals surface area contributed by atoms with Gasteiger partial charge in [-0.2, -0.15) is 0 Å². The van der Waals surface area contributed by atoms with Crippen LogP contribution in [0.25, 0.3) is 4.91 Å². The lowest BCUT2D eigenvalue weighted by Gasteiger charge is -2.21. The summed E-state index contributed by atoms with van der Waals surface area (Å²) in [5.74, 6) is 0. The highest BCUT2D eigenvalue weighted by atomic mass is 79.9. The molecule has 0 saturated heterocycles. The second-order valence-electron chi connectivity index (χ2n) is 4.92. The van der Waals surface area contributed by atoms with Crippen LogP contribution in [0.5, 0.6) is 0 Å². The van der Waals surface area contributed by atoms with Crippen LogP contribution in [0, 0.1) is 10.1 Å². The van der Waals surface area contributed by atoms with Crippen molar-refractivity contribution in [1.29, 1.82) is 0 Å². The Bertz CT molecular complexity index is 803. The van der Waals surface area contributed by atoms with E-state index in [-0.39, 0.29) is 15.9 Å². The van der Waals surface area contributed by atoms with Gasteiger partial charge in [-0.25, -0.2) is 0 Å². The Hall–Kier alpha value is -1.56. The van der Waals surface area contributed by atoms with Gasteiger partial charge in [0.1, 0.15) is 5.25 Å². The Morgan fingerprint density at radius 2 is 1.74 bits per heavy atom. The van der Waals surface area contributed by atoms with Crippen molar-refractivity contribution in [2.45, 2.75) is 5.25 Å². The van der Waals surface area contributed by atoms with Gasteiger partial charge in [0.25, 0.3) is 5.70 Å². The van der Waals surface area contributed by atoms with E-state index in [1.807, 2.05) is 54.6 Å². The zero-order valence-corrected chi connectivity index (χ0v) is 14.9. The number of allylic oxidation sites excluding steroid dienone is 2. The largest absolute Gasteiger partial charge is 0.265 e. The van der Waals surface area contributed by atoms with Gasteiger partial charge >= 0.3 is 0 Å². The molecule has 1 aliphatic heterocycles. The third kappa shape index (κ3) is 3.52. The van der Waals surface area contributed by atoms with Crippen LogP contribution >= 0.6 is 39.3 Å². The van der Waals surface area contributed by atoms with E-state index < -0.39 is 0 Å². The molecule has 0 fully saturated rings. The molecule has 0 amide bonds. The number of halogens is 2. The average Bonchev–Trinajstić information content (AvgIpc) is 2.56. The third-order valence-corrected chi connectivity index (χ3v) is 6.00. The Kier molecular flexibility index (Phi) is 4.90. The van der Waals surface area contributed by atoms with E-state index in [9.17, 15) is 10.1 Å². The fraction of sp³-hybridized carbons (Fsp3) is 0.0588. The fourth-order valence-corrected chi connectivity index (χ4v) is 4.45. The van der Waals surface area contributed by atoms with Crippen LogP contribution in [0.4, 0.5) is 0 Å². The van der Waals surface area contributed by atoms with E-state index in [0.717, 1.165) is 16.0 Å². The molecule has 2 aromatic carbocycles. The molecule has 0 N–H and O–H groups in total. The van der Waals surface area contributed by atoms with Crippen LogP contribution in [0.3, 0.4) is 0 Å². The number of thioether (sulfide) groups is 1. The summed E-state index contributed by atoms with van der Waals surface area (Å²) >= 11 is 10.9. The zero-order chi connectivity index (χ0) is 16.4. The Morgan fingerprint density at radius 1 is 1.09 bits per heavy atom. The molecular formula is C17H11BrClNO2S. The predicted octanol–water partition coefficient (Wildman–Crippen LogP) is 6.05. The Morgan fingerprint density at radius 3 is 2.35 bits per heavy atom. The molecule has 3 rings (SSSR count). The average molecular weight is 409 g/mol. The van der Waals surface area contributed by atoms with E-state index in [2.05, 4.69) is 15.9 Å². The van der Waals surface area contributed by atoms with Gasteiger partial charge in [0.15, 0.2) is 0 Å².